The summed E-state index contributed by atoms with van der Waals surface area (Å²) in [4.78, 5) is 40.8. The Hall–Kier alpha value is -2.45. The second-order valence-electron chi connectivity index (χ2n) is 9.38. The predicted octanol–water partition coefficient (Wildman–Crippen LogP) is 2.01. The Labute approximate surface area is 183 Å². The maximum Gasteiger partial charge on any atom is 0.352 e. The van der Waals surface area contributed by atoms with Crippen molar-refractivity contribution in [1.29, 1.82) is 0 Å². The van der Waals surface area contributed by atoms with Crippen molar-refractivity contribution in [2.24, 2.45) is 5.41 Å². The number of esters is 1. The molecule has 2 saturated heterocycles. The Morgan fingerprint density at radius 1 is 1.29 bits per heavy atom. The minimum atomic E-state index is -1.90. The van der Waals surface area contributed by atoms with Crippen LogP contribution in [0.25, 0.3) is 0 Å². The van der Waals surface area contributed by atoms with Gasteiger partial charge in [0.25, 0.3) is 17.4 Å². The number of hydrogen-bond acceptors (Lipinski definition) is 6. The molecule has 170 valence electrons. The summed E-state index contributed by atoms with van der Waals surface area (Å²) in [5, 5.41) is 2.82. The topological polar surface area (TPSA) is 94.2 Å². The summed E-state index contributed by atoms with van der Waals surface area (Å²) in [7, 11) is 1.59. The molecule has 2 bridgehead atoms. The fourth-order valence-corrected chi connectivity index (χ4v) is 4.13. The third kappa shape index (κ3) is 4.06. The van der Waals surface area contributed by atoms with E-state index in [1.165, 1.54) is 4.90 Å². The van der Waals surface area contributed by atoms with Crippen molar-refractivity contribution in [2.75, 3.05) is 13.7 Å². The smallest absolute Gasteiger partial charge is 0.352 e. The Morgan fingerprint density at radius 3 is 2.48 bits per heavy atom. The van der Waals surface area contributed by atoms with Gasteiger partial charge >= 0.3 is 5.97 Å². The van der Waals surface area contributed by atoms with Crippen molar-refractivity contribution < 1.29 is 28.6 Å². The van der Waals surface area contributed by atoms with Gasteiger partial charge in [0, 0.05) is 32.0 Å². The highest BCUT2D eigenvalue weighted by Crippen LogP contribution is 2.50. The van der Waals surface area contributed by atoms with E-state index in [9.17, 15) is 14.4 Å². The molecule has 2 amide bonds. The number of piperidine rings is 1. The number of ether oxygens (including phenoxy) is 3. The van der Waals surface area contributed by atoms with Crippen LogP contribution in [0.4, 0.5) is 0 Å². The second kappa shape index (κ2) is 8.24. The lowest BCUT2D eigenvalue weighted by Crippen LogP contribution is -2.61. The number of nitrogens with zero attached hydrogens (tertiary/aromatic N) is 1. The minimum absolute atomic E-state index is 0.298. The minimum Gasteiger partial charge on any atom is -0.449 e. The number of likely N-dealkylation sites (N-methyl/N-ethyl adjacent to an activating group) is 1. The molecule has 0 aliphatic carbocycles. The zero-order valence-electron chi connectivity index (χ0n) is 19.1. The molecule has 2 aliphatic rings. The van der Waals surface area contributed by atoms with E-state index in [1.807, 2.05) is 30.3 Å². The second-order valence-corrected chi connectivity index (χ2v) is 9.38. The average Bonchev–Trinajstić information content (AvgIpc) is 3.12. The highest BCUT2D eigenvalue weighted by molar-refractivity contribution is 6.10. The molecule has 4 atom stereocenters. The number of hydrogen-bond donors (Lipinski definition) is 1. The van der Waals surface area contributed by atoms with E-state index in [-0.39, 0.29) is 0 Å². The maximum absolute atomic E-state index is 13.4. The molecule has 2 heterocycles. The molecule has 1 N–H and O–H groups in total. The number of benzene rings is 1. The average molecular weight is 433 g/mol. The van der Waals surface area contributed by atoms with Crippen molar-refractivity contribution in [3.05, 3.63) is 35.9 Å². The van der Waals surface area contributed by atoms with Gasteiger partial charge in [-0.2, -0.15) is 0 Å². The van der Waals surface area contributed by atoms with E-state index in [0.717, 1.165) is 5.56 Å². The first kappa shape index (κ1) is 23.2. The van der Waals surface area contributed by atoms with Gasteiger partial charge in [-0.3, -0.25) is 9.59 Å². The number of nitrogens with one attached hydrogen (secondary N) is 1. The molecule has 2 fully saturated rings. The first-order valence-corrected chi connectivity index (χ1v) is 10.6. The third-order valence-electron chi connectivity index (χ3n) is 5.96. The van der Waals surface area contributed by atoms with Gasteiger partial charge in [-0.25, -0.2) is 4.79 Å². The van der Waals surface area contributed by atoms with E-state index >= 15 is 0 Å². The first-order valence-electron chi connectivity index (χ1n) is 10.6. The molecule has 3 rings (SSSR count). The van der Waals surface area contributed by atoms with Gasteiger partial charge in [-0.05, 0) is 19.4 Å². The molecule has 8 heteroatoms. The number of amides is 2. The molecule has 8 nitrogen and oxygen atoms in total. The van der Waals surface area contributed by atoms with Crippen LogP contribution in [0.3, 0.4) is 0 Å². The molecule has 2 aliphatic heterocycles. The highest BCUT2D eigenvalue weighted by atomic mass is 16.6. The molecule has 31 heavy (non-hydrogen) atoms. The Morgan fingerprint density at radius 2 is 1.94 bits per heavy atom. The maximum atomic E-state index is 13.4. The first-order chi connectivity index (χ1) is 14.5. The van der Waals surface area contributed by atoms with E-state index < -0.39 is 46.7 Å². The summed E-state index contributed by atoms with van der Waals surface area (Å²) in [6, 6.07) is 9.44. The summed E-state index contributed by atoms with van der Waals surface area (Å²) in [6.07, 6.45) is -1.54. The zero-order valence-corrected chi connectivity index (χ0v) is 19.1. The fraction of sp³-hybridized carbons (Fsp3) is 0.609. The molecule has 0 radical (unpaired) electrons. The SMILES string of the molecule is CCO[C@@H]1C[C@@]2(C)O[C@]1(C(=O)O[C@H](C(=O)NCc1ccccc1)C(C)(C)C)C(=O)N2C. The Bertz CT molecular complexity index is 851. The van der Waals surface area contributed by atoms with Crippen molar-refractivity contribution >= 4 is 17.8 Å². The van der Waals surface area contributed by atoms with Gasteiger partial charge in [-0.15, -0.1) is 0 Å². The Kier molecular flexibility index (Phi) is 6.17. The van der Waals surface area contributed by atoms with Gasteiger partial charge in [-0.1, -0.05) is 51.1 Å². The molecule has 0 spiro atoms. The van der Waals surface area contributed by atoms with Gasteiger partial charge in [0.15, 0.2) is 6.10 Å². The zero-order chi connectivity index (χ0) is 23.0. The number of carbonyl (C=O) groups excluding carboxylic acids is 3. The Balaban J connectivity index is 1.81. The van der Waals surface area contributed by atoms with Crippen molar-refractivity contribution in [2.45, 2.75) is 71.1 Å². The van der Waals surface area contributed by atoms with Crippen LogP contribution in [0.2, 0.25) is 0 Å². The summed E-state index contributed by atoms with van der Waals surface area (Å²) in [5.74, 6) is -1.84. The number of likely N-dealkylation sites (tertiary alicyclic amines) is 1. The van der Waals surface area contributed by atoms with Crippen LogP contribution in [0.15, 0.2) is 30.3 Å². The third-order valence-corrected chi connectivity index (χ3v) is 5.96. The summed E-state index contributed by atoms with van der Waals surface area (Å²) in [5.41, 5.74) is -2.64. The molecule has 0 saturated carbocycles. The van der Waals surface area contributed by atoms with Crippen LogP contribution in [0.5, 0.6) is 0 Å². The van der Waals surface area contributed by atoms with Crippen LogP contribution in [0.1, 0.15) is 46.6 Å². The summed E-state index contributed by atoms with van der Waals surface area (Å²) in [6.45, 7) is 9.54. The number of carbonyl (C=O) groups is 3. The van der Waals surface area contributed by atoms with E-state index in [4.69, 9.17) is 14.2 Å². The lowest BCUT2D eigenvalue weighted by Gasteiger charge is -2.36. The van der Waals surface area contributed by atoms with E-state index in [2.05, 4.69) is 5.32 Å². The van der Waals surface area contributed by atoms with E-state index in [0.29, 0.717) is 19.6 Å². The monoisotopic (exact) mass is 432 g/mol. The van der Waals surface area contributed by atoms with Gasteiger partial charge < -0.3 is 24.4 Å². The van der Waals surface area contributed by atoms with E-state index in [1.54, 1.807) is 41.7 Å². The molecule has 0 aromatic heterocycles. The quantitative estimate of drug-likeness (QED) is 0.523. The lowest BCUT2D eigenvalue weighted by molar-refractivity contribution is -0.191. The summed E-state index contributed by atoms with van der Waals surface area (Å²) >= 11 is 0. The normalized spacial score (nSPS) is 28.5. The number of rotatable bonds is 7. The predicted molar refractivity (Wildman–Crippen MR) is 113 cm³/mol. The number of fused-ring (bicyclic) bond motifs is 2. The summed E-state index contributed by atoms with van der Waals surface area (Å²) < 4.78 is 17.4. The van der Waals surface area contributed by atoms with Crippen LogP contribution < -0.4 is 5.32 Å². The van der Waals surface area contributed by atoms with Crippen molar-refractivity contribution in [1.82, 2.24) is 10.2 Å². The molecular weight excluding hydrogens is 400 g/mol. The fourth-order valence-electron chi connectivity index (χ4n) is 4.13. The standard InChI is InChI=1S/C23H32N2O6/c1-7-29-16-13-22(5)25(6)19(27)23(16,31-22)20(28)30-17(21(2,3)4)18(26)24-14-15-11-9-8-10-12-15/h8-12,16-17H,7,13-14H2,1-6H3,(H,24,26)/t16-,17-,22-,23+/m1/s1. The van der Waals surface area contributed by atoms with Crippen LogP contribution in [-0.2, 0) is 35.1 Å². The molecular formula is C23H32N2O6. The van der Waals surface area contributed by atoms with Gasteiger partial charge in [0.05, 0.1) is 0 Å². The molecule has 1 aromatic rings. The van der Waals surface area contributed by atoms with Crippen LogP contribution in [0, 0.1) is 5.41 Å². The van der Waals surface area contributed by atoms with Crippen molar-refractivity contribution in [3.63, 3.8) is 0 Å². The van der Waals surface area contributed by atoms with Crippen LogP contribution in [-0.4, -0.2) is 59.9 Å². The van der Waals surface area contributed by atoms with Crippen molar-refractivity contribution in [3.8, 4) is 0 Å². The molecule has 0 unspecified atom stereocenters. The van der Waals surface area contributed by atoms with Gasteiger partial charge in [0.1, 0.15) is 11.8 Å². The largest absolute Gasteiger partial charge is 0.449 e. The highest BCUT2D eigenvalue weighted by Gasteiger charge is 2.74. The van der Waals surface area contributed by atoms with Gasteiger partial charge in [0.2, 0.25) is 0 Å². The molecule has 1 aromatic carbocycles. The van der Waals surface area contributed by atoms with Crippen LogP contribution >= 0.6 is 0 Å². The lowest BCUT2D eigenvalue weighted by atomic mass is 9.86.